The number of nitrogens with one attached hydrogen (secondary N) is 2. The molecule has 0 aromatic rings. The van der Waals surface area contributed by atoms with E-state index in [0.717, 1.165) is 32.1 Å². The number of Topliss-reactive ketones (excluding diaryl/α,β-unsaturated/α-hetero) is 4. The summed E-state index contributed by atoms with van der Waals surface area (Å²) >= 11 is 0. The Bertz CT molecular complexity index is 3130. The second kappa shape index (κ2) is 48.9. The number of cyclic esters (lactones) is 1. The smallest absolute Gasteiger partial charge is 0.481 e. The molecule has 31 nitrogen and oxygen atoms in total. The van der Waals surface area contributed by atoms with Crippen LogP contribution in [0.1, 0.15) is 165 Å². The quantitative estimate of drug-likeness (QED) is 0.0136. The van der Waals surface area contributed by atoms with Crippen LogP contribution in [0.25, 0.3) is 0 Å². The SMILES string of the molecule is CO[C@H]1C[C@@H]2CC[C@@H](C)[C@@](O)(O2)C(=O)C(=O)N2CCCC[C@H]2C(=O)O[C@H]([C@H](C)C[C@@H]2CC[C@@H](OCCOC(=O)OCCSSC[C@H](NC(=O)[C@H](CCC(=O)NC[C@H](O)[C@@H](O)[C@H](O)[C@H](O)CO)CC(=O)[C@@H](C)CCC(=O)O)C(=O)O)[C@H](OC)C2)CC(=O)[C@H](C)/C=C(\C)[C@@H](O)[C@@H](OC)C(=O)[C@H](C)C[C@H](C)/C=C/C=C/C=C/1C. The number of allylic oxidation sites excluding steroid dienone is 6. The fraction of sp³-hybridized carbons (Fsp3) is 0.753. The van der Waals surface area contributed by atoms with Gasteiger partial charge < -0.3 is 99.4 Å². The number of amides is 3. The van der Waals surface area contributed by atoms with Crippen LogP contribution in [0.15, 0.2) is 47.6 Å². The van der Waals surface area contributed by atoms with Gasteiger partial charge in [0.15, 0.2) is 5.78 Å². The van der Waals surface area contributed by atoms with Crippen LogP contribution in [0.2, 0.25) is 0 Å². The number of carboxylic acids is 2. The molecule has 4 aliphatic rings. The van der Waals surface area contributed by atoms with Gasteiger partial charge in [0.25, 0.3) is 11.7 Å². The van der Waals surface area contributed by atoms with Gasteiger partial charge in [-0.3, -0.25) is 38.4 Å². The molecule has 3 fully saturated rings. The summed E-state index contributed by atoms with van der Waals surface area (Å²) in [4.78, 5) is 149. The van der Waals surface area contributed by atoms with Gasteiger partial charge in [-0.05, 0) is 120 Å². The van der Waals surface area contributed by atoms with E-state index in [-0.39, 0.29) is 99.8 Å². The first-order valence-corrected chi connectivity index (χ1v) is 40.5. The van der Waals surface area contributed by atoms with Crippen molar-refractivity contribution in [2.24, 2.45) is 47.3 Å². The van der Waals surface area contributed by atoms with E-state index < -0.39 is 200 Å². The molecule has 33 heteroatoms. The zero-order chi connectivity index (χ0) is 82.1. The van der Waals surface area contributed by atoms with E-state index in [1.807, 2.05) is 51.2 Å². The van der Waals surface area contributed by atoms with Crippen molar-refractivity contribution in [1.82, 2.24) is 15.5 Å². The first-order chi connectivity index (χ1) is 52.0. The van der Waals surface area contributed by atoms with Crippen molar-refractivity contribution in [3.05, 3.63) is 47.6 Å². The molecule has 11 N–H and O–H groups in total. The Morgan fingerprint density at radius 3 is 2.14 bits per heavy atom. The van der Waals surface area contributed by atoms with Crippen LogP contribution in [0.3, 0.4) is 0 Å². The number of ketones is 4. The highest BCUT2D eigenvalue weighted by atomic mass is 33.1. The number of carbonyl (C=O) groups is 11. The van der Waals surface area contributed by atoms with Gasteiger partial charge >= 0.3 is 24.1 Å². The Labute approximate surface area is 652 Å². The summed E-state index contributed by atoms with van der Waals surface area (Å²) < 4.78 is 46.6. The standard InChI is InChI=1S/C77H121N3O28S2/c1-43-17-13-12-14-18-45(3)61(101-9)38-53-24-21-50(8)77(100,108-53)71(93)73(95)80-28-16-15-19-55(80)75(98)107-62(39-57(83)46(4)34-49(7)67(90)70(103-11)66(89)48(6)33-43)47(5)35-51-22-25-60(63(36-51)102-10)104-29-30-105-76(99)106-31-32-109-110-42-54(74(96)97)79-72(94)52(37-56(82)44(2)20-27-65(87)88)23-26-64(86)78-40-58(84)68(91)69(92)59(85)41-81/h12-14,17-18,34,43-44,46-48,50-55,58-63,67-70,81,84-85,90-92,100H,15-16,19-33,35-42H2,1-11H3,(H,78,86)(H,79,94)(H,87,88)(H,96,97)/b14-12+,17-13+,45-18+,49-34+/t43-,44+,46-,47-,48-,50-,51+,52-,53+,54+,55+,58+,59-,60-,61+,62+,63-,67-,68-,69-,70+,77-/m1/s1. The Balaban J connectivity index is 1.39. The fourth-order valence-electron chi connectivity index (χ4n) is 14.0. The van der Waals surface area contributed by atoms with E-state index in [9.17, 15) is 88.5 Å². The van der Waals surface area contributed by atoms with Crippen LogP contribution in [0, 0.1) is 47.3 Å². The highest BCUT2D eigenvalue weighted by Gasteiger charge is 2.53. The van der Waals surface area contributed by atoms with Crippen LogP contribution < -0.4 is 10.6 Å². The van der Waals surface area contributed by atoms with Crippen molar-refractivity contribution >= 4 is 86.5 Å². The van der Waals surface area contributed by atoms with E-state index in [2.05, 4.69) is 10.6 Å². The van der Waals surface area contributed by atoms with Crippen LogP contribution in [-0.4, -0.2) is 273 Å². The van der Waals surface area contributed by atoms with Crippen molar-refractivity contribution in [2.45, 2.75) is 250 Å². The number of nitrogens with zero attached hydrogens (tertiary/aromatic N) is 1. The second-order valence-corrected chi connectivity index (χ2v) is 32.4. The van der Waals surface area contributed by atoms with Gasteiger partial charge in [-0.1, -0.05) is 99.6 Å². The zero-order valence-corrected chi connectivity index (χ0v) is 66.9. The molecule has 3 aliphatic heterocycles. The number of esters is 1. The zero-order valence-electron chi connectivity index (χ0n) is 65.3. The highest BCUT2D eigenvalue weighted by molar-refractivity contribution is 8.76. The molecule has 0 radical (unpaired) electrons. The maximum absolute atomic E-state index is 14.7. The third kappa shape index (κ3) is 31.0. The van der Waals surface area contributed by atoms with Crippen molar-refractivity contribution in [2.75, 3.05) is 72.4 Å². The van der Waals surface area contributed by atoms with Crippen molar-refractivity contribution in [1.29, 1.82) is 0 Å². The van der Waals surface area contributed by atoms with Crippen molar-refractivity contribution in [3.8, 4) is 0 Å². The van der Waals surface area contributed by atoms with E-state index in [0.29, 0.717) is 63.4 Å². The fourth-order valence-corrected chi connectivity index (χ4v) is 16.0. The second-order valence-electron chi connectivity index (χ2n) is 29.7. The molecule has 624 valence electrons. The highest BCUT2D eigenvalue weighted by Crippen LogP contribution is 2.39. The summed E-state index contributed by atoms with van der Waals surface area (Å²) in [5, 5.41) is 96.3. The van der Waals surface area contributed by atoms with Gasteiger partial charge in [-0.25, -0.2) is 14.4 Å². The predicted molar refractivity (Wildman–Crippen MR) is 403 cm³/mol. The van der Waals surface area contributed by atoms with Gasteiger partial charge in [-0.15, -0.1) is 0 Å². The molecule has 1 saturated carbocycles. The van der Waals surface area contributed by atoms with Crippen molar-refractivity contribution in [3.63, 3.8) is 0 Å². The molecule has 3 amide bonds. The first-order valence-electron chi connectivity index (χ1n) is 38.0. The Kier molecular flexibility index (Phi) is 42.8. The lowest BCUT2D eigenvalue weighted by atomic mass is 9.78. The normalized spacial score (nSPS) is 30.5. The number of aliphatic hydroxyl groups excluding tert-OH is 6. The number of ether oxygens (including phenoxy) is 8. The number of hydrogen-bond donors (Lipinski definition) is 11. The molecular weight excluding hydrogens is 1480 g/mol. The number of carboxylic acid groups (broad SMARTS) is 2. The Morgan fingerprint density at radius 2 is 1.47 bits per heavy atom. The molecule has 1 aliphatic carbocycles. The lowest BCUT2D eigenvalue weighted by Gasteiger charge is -2.42. The average Bonchev–Trinajstić information content (AvgIpc) is 0.772. The summed E-state index contributed by atoms with van der Waals surface area (Å²) in [5.74, 6) is -15.9. The maximum Gasteiger partial charge on any atom is 0.508 e. The third-order valence-corrected chi connectivity index (χ3v) is 23.5. The molecule has 2 bridgehead atoms. The van der Waals surface area contributed by atoms with E-state index >= 15 is 0 Å². The molecular formula is C77H121N3O28S2. The number of methoxy groups -OCH3 is 3. The number of hydrogen-bond acceptors (Lipinski definition) is 28. The van der Waals surface area contributed by atoms with Crippen LogP contribution in [0.4, 0.5) is 4.79 Å². The molecule has 3 heterocycles. The van der Waals surface area contributed by atoms with E-state index in [1.165, 1.54) is 21.1 Å². The number of piperidine rings is 1. The molecule has 0 aromatic heterocycles. The molecule has 110 heavy (non-hydrogen) atoms. The lowest BCUT2D eigenvalue weighted by Crippen LogP contribution is -2.61. The van der Waals surface area contributed by atoms with E-state index in [1.54, 1.807) is 40.9 Å². The summed E-state index contributed by atoms with van der Waals surface area (Å²) in [5.41, 5.74) is 1.15. The van der Waals surface area contributed by atoms with Gasteiger partial charge in [0.05, 0.1) is 43.7 Å². The minimum Gasteiger partial charge on any atom is -0.481 e. The molecule has 2 saturated heterocycles. The topological polar surface area (TPSA) is 471 Å². The van der Waals surface area contributed by atoms with E-state index in [4.69, 9.17) is 48.1 Å². The Morgan fingerprint density at radius 1 is 0.773 bits per heavy atom. The number of rotatable bonds is 34. The lowest BCUT2D eigenvalue weighted by molar-refractivity contribution is -0.265. The summed E-state index contributed by atoms with van der Waals surface area (Å²) in [6.45, 7) is 11.9. The summed E-state index contributed by atoms with van der Waals surface area (Å²) in [6, 6.07) is -2.75. The van der Waals surface area contributed by atoms with Gasteiger partial charge in [0.1, 0.15) is 73.5 Å². The largest absolute Gasteiger partial charge is 0.508 e. The molecule has 0 unspecified atom stereocenters. The Hall–Kier alpha value is -6.05. The van der Waals surface area contributed by atoms with Crippen molar-refractivity contribution < 1.29 is 137 Å². The number of carbonyl (C=O) groups excluding carboxylic acids is 9. The molecule has 4 rings (SSSR count). The number of fused-ring (bicyclic) bond motifs is 3. The van der Waals surface area contributed by atoms with Crippen LogP contribution in [0.5, 0.6) is 0 Å². The monoisotopic (exact) mass is 1600 g/mol. The molecule has 22 atom stereocenters. The average molecular weight is 1600 g/mol. The van der Waals surface area contributed by atoms with Crippen LogP contribution >= 0.6 is 21.6 Å². The number of aliphatic carboxylic acids is 2. The molecule has 0 aromatic carbocycles. The number of aliphatic hydroxyl groups is 7. The van der Waals surface area contributed by atoms with Gasteiger partial charge in [0.2, 0.25) is 17.6 Å². The maximum atomic E-state index is 14.7. The minimum absolute atomic E-state index is 0.00662. The predicted octanol–water partition coefficient (Wildman–Crippen LogP) is 4.72. The first kappa shape index (κ1) is 96.3. The summed E-state index contributed by atoms with van der Waals surface area (Å²) in [7, 11) is 6.55. The third-order valence-electron chi connectivity index (χ3n) is 21.1. The summed E-state index contributed by atoms with van der Waals surface area (Å²) in [6.07, 6.45) is -0.536. The van der Waals surface area contributed by atoms with Gasteiger partial charge in [-0.2, -0.15) is 0 Å². The molecule has 0 spiro atoms. The van der Waals surface area contributed by atoms with Gasteiger partial charge in [0, 0.05) is 108 Å². The minimum atomic E-state index is -2.51. The van der Waals surface area contributed by atoms with Crippen LogP contribution in [-0.2, 0) is 85.8 Å².